The summed E-state index contributed by atoms with van der Waals surface area (Å²) in [5.74, 6) is 0.346. The van der Waals surface area contributed by atoms with Crippen LogP contribution in [0.4, 0.5) is 5.69 Å². The maximum absolute atomic E-state index is 12.5. The lowest BCUT2D eigenvalue weighted by Crippen LogP contribution is -2.43. The van der Waals surface area contributed by atoms with Crippen LogP contribution in [0.1, 0.15) is 32.1 Å². The van der Waals surface area contributed by atoms with E-state index in [1.807, 2.05) is 29.2 Å². The summed E-state index contributed by atoms with van der Waals surface area (Å²) in [6.45, 7) is 1.34. The molecule has 2 aliphatic rings. The van der Waals surface area contributed by atoms with Gasteiger partial charge in [0.2, 0.25) is 11.8 Å². The Morgan fingerprint density at radius 3 is 2.29 bits per heavy atom. The van der Waals surface area contributed by atoms with Gasteiger partial charge in [0, 0.05) is 41.1 Å². The Morgan fingerprint density at radius 1 is 1.04 bits per heavy atom. The molecule has 1 aromatic carbocycles. The van der Waals surface area contributed by atoms with Crippen molar-refractivity contribution in [2.75, 3.05) is 18.4 Å². The zero-order valence-corrected chi connectivity index (χ0v) is 15.3. The molecule has 6 heteroatoms. The van der Waals surface area contributed by atoms with Crippen LogP contribution in [0.5, 0.6) is 0 Å². The van der Waals surface area contributed by atoms with Gasteiger partial charge in [0.15, 0.2) is 0 Å². The maximum atomic E-state index is 12.5. The Morgan fingerprint density at radius 2 is 1.71 bits per heavy atom. The number of amides is 2. The summed E-state index contributed by atoms with van der Waals surface area (Å²) in [7, 11) is 0. The van der Waals surface area contributed by atoms with Crippen molar-refractivity contribution in [3.05, 3.63) is 28.7 Å². The highest BCUT2D eigenvalue weighted by Crippen LogP contribution is 2.28. The minimum absolute atomic E-state index is 0.0245. The number of carbonyl (C=O) groups excluding carboxylic acids is 2. The number of halogens is 1. The Labute approximate surface area is 151 Å². The first kappa shape index (κ1) is 17.4. The zero-order valence-electron chi connectivity index (χ0n) is 13.7. The molecular formula is C18H24BrN3O2. The van der Waals surface area contributed by atoms with Gasteiger partial charge < -0.3 is 16.0 Å². The van der Waals surface area contributed by atoms with Crippen molar-refractivity contribution in [3.63, 3.8) is 0 Å². The van der Waals surface area contributed by atoms with Crippen molar-refractivity contribution in [2.45, 2.75) is 38.1 Å². The molecule has 2 unspecified atom stereocenters. The normalized spacial score (nSPS) is 24.8. The summed E-state index contributed by atoms with van der Waals surface area (Å²) in [5, 5.41) is 2.96. The van der Waals surface area contributed by atoms with Crippen molar-refractivity contribution in [1.82, 2.24) is 4.90 Å². The molecule has 2 amide bonds. The minimum Gasteiger partial charge on any atom is -0.342 e. The zero-order chi connectivity index (χ0) is 17.1. The average molecular weight is 394 g/mol. The highest BCUT2D eigenvalue weighted by Gasteiger charge is 2.34. The summed E-state index contributed by atoms with van der Waals surface area (Å²) in [4.78, 5) is 26.8. The number of rotatable bonds is 3. The standard InChI is InChI=1S/C18H24BrN3O2/c19-14-2-5-16(6-3-14)21-17(23)12-7-9-22(10-8-12)18(24)13-1-4-15(20)11-13/h2-3,5-6,12-13,15H,1,4,7-11,20H2,(H,21,23). The fourth-order valence-electron chi connectivity index (χ4n) is 3.64. The highest BCUT2D eigenvalue weighted by atomic mass is 79.9. The summed E-state index contributed by atoms with van der Waals surface area (Å²) < 4.78 is 0.985. The molecule has 1 aliphatic carbocycles. The van der Waals surface area contributed by atoms with Gasteiger partial charge in [-0.25, -0.2) is 0 Å². The monoisotopic (exact) mass is 393 g/mol. The molecule has 24 heavy (non-hydrogen) atoms. The van der Waals surface area contributed by atoms with Crippen molar-refractivity contribution in [2.24, 2.45) is 17.6 Å². The molecule has 3 rings (SSSR count). The smallest absolute Gasteiger partial charge is 0.227 e. The van der Waals surface area contributed by atoms with Crippen molar-refractivity contribution in [3.8, 4) is 0 Å². The van der Waals surface area contributed by atoms with Crippen LogP contribution in [0, 0.1) is 11.8 Å². The molecule has 2 fully saturated rings. The third-order valence-corrected chi connectivity index (χ3v) is 5.64. The largest absolute Gasteiger partial charge is 0.342 e. The van der Waals surface area contributed by atoms with Gasteiger partial charge >= 0.3 is 0 Å². The SMILES string of the molecule is NC1CCC(C(=O)N2CCC(C(=O)Nc3ccc(Br)cc3)CC2)C1. The second-order valence-corrected chi connectivity index (χ2v) is 7.78. The highest BCUT2D eigenvalue weighted by molar-refractivity contribution is 9.10. The van der Waals surface area contributed by atoms with Crippen molar-refractivity contribution in [1.29, 1.82) is 0 Å². The van der Waals surface area contributed by atoms with E-state index in [0.717, 1.165) is 42.3 Å². The lowest BCUT2D eigenvalue weighted by molar-refractivity contribution is -0.138. The molecular weight excluding hydrogens is 370 g/mol. The predicted octanol–water partition coefficient (Wildman–Crippen LogP) is 2.75. The van der Waals surface area contributed by atoms with Crippen LogP contribution in [0.15, 0.2) is 28.7 Å². The predicted molar refractivity (Wildman–Crippen MR) is 97.4 cm³/mol. The summed E-state index contributed by atoms with van der Waals surface area (Å²) >= 11 is 3.38. The van der Waals surface area contributed by atoms with E-state index in [0.29, 0.717) is 13.1 Å². The van der Waals surface area contributed by atoms with Gasteiger partial charge in [0.1, 0.15) is 0 Å². The van der Waals surface area contributed by atoms with Gasteiger partial charge in [0.25, 0.3) is 0 Å². The number of likely N-dealkylation sites (tertiary alicyclic amines) is 1. The number of hydrogen-bond acceptors (Lipinski definition) is 3. The first-order valence-electron chi connectivity index (χ1n) is 8.63. The minimum atomic E-state index is -0.0245. The number of carbonyl (C=O) groups is 2. The number of nitrogens with two attached hydrogens (primary N) is 1. The lowest BCUT2D eigenvalue weighted by Gasteiger charge is -2.33. The number of piperidine rings is 1. The molecule has 1 saturated heterocycles. The molecule has 2 atom stereocenters. The van der Waals surface area contributed by atoms with E-state index in [1.54, 1.807) is 0 Å². The van der Waals surface area contributed by atoms with Crippen LogP contribution in [-0.4, -0.2) is 35.8 Å². The van der Waals surface area contributed by atoms with Gasteiger partial charge in [-0.05, 0) is 56.4 Å². The summed E-state index contributed by atoms with van der Waals surface area (Å²) in [6, 6.07) is 7.74. The number of nitrogens with zero attached hydrogens (tertiary/aromatic N) is 1. The molecule has 0 radical (unpaired) electrons. The summed E-state index contributed by atoms with van der Waals surface area (Å²) in [5.41, 5.74) is 6.72. The van der Waals surface area contributed by atoms with Crippen LogP contribution in [0.3, 0.4) is 0 Å². The quantitative estimate of drug-likeness (QED) is 0.828. The van der Waals surface area contributed by atoms with Crippen LogP contribution in [0.25, 0.3) is 0 Å². The molecule has 0 bridgehead atoms. The van der Waals surface area contributed by atoms with E-state index in [4.69, 9.17) is 5.73 Å². The Bertz CT molecular complexity index is 597. The average Bonchev–Trinajstić information content (AvgIpc) is 3.03. The van der Waals surface area contributed by atoms with Crippen LogP contribution in [0.2, 0.25) is 0 Å². The fourth-order valence-corrected chi connectivity index (χ4v) is 3.90. The molecule has 5 nitrogen and oxygen atoms in total. The topological polar surface area (TPSA) is 75.4 Å². The van der Waals surface area contributed by atoms with E-state index < -0.39 is 0 Å². The second kappa shape index (κ2) is 7.66. The second-order valence-electron chi connectivity index (χ2n) is 6.87. The number of nitrogens with one attached hydrogen (secondary N) is 1. The Kier molecular flexibility index (Phi) is 5.56. The van der Waals surface area contributed by atoms with Crippen molar-refractivity contribution >= 4 is 33.4 Å². The van der Waals surface area contributed by atoms with E-state index in [1.165, 1.54) is 0 Å². The third kappa shape index (κ3) is 4.16. The lowest BCUT2D eigenvalue weighted by atomic mass is 9.94. The van der Waals surface area contributed by atoms with Gasteiger partial charge in [0.05, 0.1) is 0 Å². The summed E-state index contributed by atoms with van der Waals surface area (Å²) in [6.07, 6.45) is 4.12. The first-order chi connectivity index (χ1) is 11.5. The Hall–Kier alpha value is -1.40. The van der Waals surface area contributed by atoms with E-state index in [-0.39, 0.29) is 29.7 Å². The molecule has 1 heterocycles. The Balaban J connectivity index is 1.48. The van der Waals surface area contributed by atoms with Crippen LogP contribution in [-0.2, 0) is 9.59 Å². The molecule has 1 saturated carbocycles. The number of anilines is 1. The first-order valence-corrected chi connectivity index (χ1v) is 9.43. The van der Waals surface area contributed by atoms with Gasteiger partial charge in [-0.2, -0.15) is 0 Å². The van der Waals surface area contributed by atoms with Gasteiger partial charge in [-0.15, -0.1) is 0 Å². The van der Waals surface area contributed by atoms with Gasteiger partial charge in [-0.3, -0.25) is 9.59 Å². The molecule has 130 valence electrons. The molecule has 3 N–H and O–H groups in total. The molecule has 0 aromatic heterocycles. The number of hydrogen-bond donors (Lipinski definition) is 2. The van der Waals surface area contributed by atoms with E-state index in [2.05, 4.69) is 21.2 Å². The van der Waals surface area contributed by atoms with Crippen LogP contribution >= 0.6 is 15.9 Å². The molecule has 1 aliphatic heterocycles. The number of benzene rings is 1. The maximum Gasteiger partial charge on any atom is 0.227 e. The van der Waals surface area contributed by atoms with E-state index in [9.17, 15) is 9.59 Å². The van der Waals surface area contributed by atoms with E-state index >= 15 is 0 Å². The molecule has 0 spiro atoms. The third-order valence-electron chi connectivity index (χ3n) is 5.11. The van der Waals surface area contributed by atoms with Gasteiger partial charge in [-0.1, -0.05) is 15.9 Å². The van der Waals surface area contributed by atoms with Crippen molar-refractivity contribution < 1.29 is 9.59 Å². The fraction of sp³-hybridized carbons (Fsp3) is 0.556. The van der Waals surface area contributed by atoms with Crippen LogP contribution < -0.4 is 11.1 Å². The molecule has 1 aromatic rings.